The quantitative estimate of drug-likeness (QED) is 0.157. The summed E-state index contributed by atoms with van der Waals surface area (Å²) in [5.41, 5.74) is -0.675. The largest absolute Gasteiger partial charge is 0.394 e. The van der Waals surface area contributed by atoms with Crippen molar-refractivity contribution in [3.8, 4) is 0 Å². The van der Waals surface area contributed by atoms with E-state index in [0.29, 0.717) is 18.3 Å². The molecule has 0 spiro atoms. The van der Waals surface area contributed by atoms with Gasteiger partial charge in [0.05, 0.1) is 0 Å². The lowest BCUT2D eigenvalue weighted by molar-refractivity contribution is -0.132. The van der Waals surface area contributed by atoms with E-state index in [1.165, 1.54) is 89.9 Å². The van der Waals surface area contributed by atoms with Crippen LogP contribution in [0.15, 0.2) is 0 Å². The van der Waals surface area contributed by atoms with Gasteiger partial charge in [0.2, 0.25) is 0 Å². The maximum atomic E-state index is 12.4. The normalized spacial score (nSPS) is 31.4. The van der Waals surface area contributed by atoms with Crippen LogP contribution in [0.1, 0.15) is 154 Å². The van der Waals surface area contributed by atoms with E-state index in [9.17, 15) is 9.59 Å². The lowest BCUT2D eigenvalue weighted by Gasteiger charge is -2.32. The highest BCUT2D eigenvalue weighted by molar-refractivity contribution is 14.1. The van der Waals surface area contributed by atoms with Crippen LogP contribution in [0.25, 0.3) is 0 Å². The minimum atomic E-state index is -0.675. The predicted octanol–water partition coefficient (Wildman–Crippen LogP) is 11.2. The van der Waals surface area contributed by atoms with Gasteiger partial charge in [-0.15, -0.1) is 0 Å². The van der Waals surface area contributed by atoms with Crippen molar-refractivity contribution in [2.45, 2.75) is 165 Å². The summed E-state index contributed by atoms with van der Waals surface area (Å²) in [6.07, 6.45) is 30.0. The molecule has 0 heterocycles. The molecule has 0 bridgehead atoms. The van der Waals surface area contributed by atoms with E-state index >= 15 is 0 Å². The van der Waals surface area contributed by atoms with Gasteiger partial charge in [0.1, 0.15) is 28.6 Å². The number of hydrogen-bond donors (Lipinski definition) is 0. The van der Waals surface area contributed by atoms with Gasteiger partial charge in [0.15, 0.2) is 29.3 Å². The minimum absolute atomic E-state index is 0.0604. The van der Waals surface area contributed by atoms with Gasteiger partial charge in [-0.1, -0.05) is 132 Å². The van der Waals surface area contributed by atoms with Crippen LogP contribution in [0.2, 0.25) is 0 Å². The smallest absolute Gasteiger partial charge is 0.315 e. The SMILES string of the molecule is O=CC1(OI)CCCCC(C2CCCCCCCCCCCCC2)C[C@@H](CC(=O)OI)CCCCC(Br)C1. The Bertz CT molecular complexity index is 623. The zero-order chi connectivity index (χ0) is 27.5. The molecule has 222 valence electrons. The first-order chi connectivity index (χ1) is 18.5. The molecule has 2 aliphatic carbocycles. The molecule has 0 N–H and O–H groups in total. The highest BCUT2D eigenvalue weighted by atomic mass is 127. The Balaban J connectivity index is 2.16. The molecular weight excluding hydrogens is 770 g/mol. The average molecular weight is 823 g/mol. The van der Waals surface area contributed by atoms with Crippen molar-refractivity contribution in [1.82, 2.24) is 0 Å². The summed E-state index contributed by atoms with van der Waals surface area (Å²) in [6, 6.07) is 0. The van der Waals surface area contributed by atoms with E-state index in [-0.39, 0.29) is 10.8 Å². The van der Waals surface area contributed by atoms with Crippen molar-refractivity contribution >= 4 is 74.2 Å². The molecule has 4 atom stereocenters. The molecule has 0 aromatic heterocycles. The van der Waals surface area contributed by atoms with Gasteiger partial charge in [-0.3, -0.25) is 4.79 Å². The summed E-state index contributed by atoms with van der Waals surface area (Å²) in [4.78, 5) is 24.8. The Hall–Kier alpha value is 1.04. The van der Waals surface area contributed by atoms with Gasteiger partial charge in [0, 0.05) is 11.2 Å². The molecule has 7 heteroatoms. The number of alkyl halides is 1. The van der Waals surface area contributed by atoms with E-state index in [4.69, 9.17) is 6.13 Å². The van der Waals surface area contributed by atoms with Crippen molar-refractivity contribution in [2.24, 2.45) is 17.8 Å². The summed E-state index contributed by atoms with van der Waals surface area (Å²) in [7, 11) is 0. The van der Waals surface area contributed by atoms with Crippen LogP contribution in [0, 0.1) is 17.8 Å². The Morgan fingerprint density at radius 3 is 1.79 bits per heavy atom. The summed E-state index contributed by atoms with van der Waals surface area (Å²) in [5.74, 6) is 1.77. The fourth-order valence-electron chi connectivity index (χ4n) is 6.97. The van der Waals surface area contributed by atoms with Crippen LogP contribution in [0.4, 0.5) is 0 Å². The van der Waals surface area contributed by atoms with Gasteiger partial charge in [-0.05, 0) is 49.9 Å². The Labute approximate surface area is 270 Å². The average Bonchev–Trinajstić information content (AvgIpc) is 2.92. The summed E-state index contributed by atoms with van der Waals surface area (Å²) < 4.78 is 10.9. The highest BCUT2D eigenvalue weighted by Gasteiger charge is 2.33. The summed E-state index contributed by atoms with van der Waals surface area (Å²) >= 11 is 7.52. The second kappa shape index (κ2) is 21.7. The maximum absolute atomic E-state index is 12.4. The molecular formula is C31H53BrI2O4. The van der Waals surface area contributed by atoms with Crippen molar-refractivity contribution in [1.29, 1.82) is 0 Å². The minimum Gasteiger partial charge on any atom is -0.394 e. The van der Waals surface area contributed by atoms with E-state index < -0.39 is 5.60 Å². The molecule has 2 aliphatic rings. The second-order valence-corrected chi connectivity index (χ2v) is 14.5. The Morgan fingerprint density at radius 2 is 1.24 bits per heavy atom. The predicted molar refractivity (Wildman–Crippen MR) is 178 cm³/mol. The number of carbonyl (C=O) groups excluding carboxylic acids is 2. The van der Waals surface area contributed by atoms with Crippen LogP contribution in [0.5, 0.6) is 0 Å². The first kappa shape index (κ1) is 35.2. The van der Waals surface area contributed by atoms with Crippen LogP contribution in [-0.2, 0) is 15.7 Å². The first-order valence-electron chi connectivity index (χ1n) is 15.7. The van der Waals surface area contributed by atoms with Crippen molar-refractivity contribution in [3.63, 3.8) is 0 Å². The zero-order valence-electron chi connectivity index (χ0n) is 23.6. The third-order valence-corrected chi connectivity index (χ3v) is 11.4. The Kier molecular flexibility index (Phi) is 20.1. The fraction of sp³-hybridized carbons (Fsp3) is 0.935. The van der Waals surface area contributed by atoms with E-state index in [2.05, 4.69) is 15.9 Å². The van der Waals surface area contributed by atoms with Crippen molar-refractivity contribution < 1.29 is 15.7 Å². The van der Waals surface area contributed by atoms with Gasteiger partial charge in [-0.2, -0.15) is 0 Å². The third kappa shape index (κ3) is 14.8. The van der Waals surface area contributed by atoms with Gasteiger partial charge < -0.3 is 10.9 Å². The summed E-state index contributed by atoms with van der Waals surface area (Å²) in [5, 5.41) is 0. The van der Waals surface area contributed by atoms with Gasteiger partial charge in [0.25, 0.3) is 0 Å². The van der Waals surface area contributed by atoms with Crippen molar-refractivity contribution in [2.75, 3.05) is 0 Å². The monoisotopic (exact) mass is 822 g/mol. The first-order valence-corrected chi connectivity index (χ1v) is 18.4. The molecule has 4 nitrogen and oxygen atoms in total. The molecule has 2 rings (SSSR count). The van der Waals surface area contributed by atoms with Crippen LogP contribution < -0.4 is 0 Å². The number of hydrogen-bond acceptors (Lipinski definition) is 4. The van der Waals surface area contributed by atoms with Gasteiger partial charge in [-0.25, -0.2) is 0 Å². The molecule has 0 saturated heterocycles. The second-order valence-electron chi connectivity index (χ2n) is 12.3. The van der Waals surface area contributed by atoms with E-state index in [1.807, 2.05) is 23.0 Å². The summed E-state index contributed by atoms with van der Waals surface area (Å²) in [6.45, 7) is 0. The number of carbonyl (C=O) groups is 2. The van der Waals surface area contributed by atoms with Crippen LogP contribution >= 0.6 is 61.9 Å². The lowest BCUT2D eigenvalue weighted by atomic mass is 9.74. The highest BCUT2D eigenvalue weighted by Crippen LogP contribution is 2.38. The molecule has 2 saturated carbocycles. The van der Waals surface area contributed by atoms with Gasteiger partial charge >= 0.3 is 5.97 Å². The Morgan fingerprint density at radius 1 is 0.737 bits per heavy atom. The number of halogens is 3. The maximum Gasteiger partial charge on any atom is 0.315 e. The fourth-order valence-corrected chi connectivity index (χ4v) is 8.52. The lowest BCUT2D eigenvalue weighted by Crippen LogP contribution is -2.34. The van der Waals surface area contributed by atoms with Crippen LogP contribution in [0.3, 0.4) is 0 Å². The topological polar surface area (TPSA) is 52.6 Å². The molecule has 2 fully saturated rings. The molecule has 38 heavy (non-hydrogen) atoms. The standard InChI is InChI=1S/C31H53BrI2O4/c32-29-20-13-12-16-26(23-30(36)37-33)22-28(19-14-15-21-31(24-29,25-35)38-34)27-17-10-8-6-4-2-1-3-5-7-9-11-18-27/h25-29H,1-24H2/t26-,28?,29?,31?/m0/s1. The molecule has 0 aliphatic heterocycles. The molecule has 0 aromatic carbocycles. The van der Waals surface area contributed by atoms with Crippen LogP contribution in [-0.4, -0.2) is 22.7 Å². The molecule has 0 amide bonds. The number of rotatable bonds is 5. The zero-order valence-corrected chi connectivity index (χ0v) is 29.5. The molecule has 0 aromatic rings. The van der Waals surface area contributed by atoms with E-state index in [1.54, 1.807) is 23.0 Å². The van der Waals surface area contributed by atoms with E-state index in [0.717, 1.165) is 70.0 Å². The molecule has 3 unspecified atom stereocenters. The third-order valence-electron chi connectivity index (χ3n) is 9.23. The number of aldehydes is 1. The van der Waals surface area contributed by atoms with Crippen molar-refractivity contribution in [3.05, 3.63) is 0 Å². The molecule has 0 radical (unpaired) electrons.